The van der Waals surface area contributed by atoms with Crippen LogP contribution in [0.2, 0.25) is 0 Å². The fraction of sp³-hybridized carbons (Fsp3) is 0.789. The number of nitrogens with zero attached hydrogens (tertiary/aromatic N) is 1. The summed E-state index contributed by atoms with van der Waals surface area (Å²) in [7, 11) is 0. The zero-order chi connectivity index (χ0) is 15.6. The molecule has 0 aliphatic heterocycles. The standard InChI is InChI=1S/C19H33NO/c1-6-8-10-15(9-7-2)20-14(3)11-16-17(20)12-19(4,5)13-18(16)21/h11,15,18,21H,6-10,12-13H2,1-5H3. The molecule has 1 aliphatic carbocycles. The van der Waals surface area contributed by atoms with Crippen molar-refractivity contribution in [2.75, 3.05) is 0 Å². The van der Waals surface area contributed by atoms with Crippen LogP contribution in [0.4, 0.5) is 0 Å². The summed E-state index contributed by atoms with van der Waals surface area (Å²) in [5, 5.41) is 10.5. The molecule has 1 aliphatic rings. The number of aliphatic hydroxyl groups excluding tert-OH is 1. The minimum atomic E-state index is -0.280. The maximum absolute atomic E-state index is 10.5. The van der Waals surface area contributed by atoms with Crippen molar-refractivity contribution in [2.24, 2.45) is 5.41 Å². The Morgan fingerprint density at radius 1 is 1.29 bits per heavy atom. The Kier molecular flexibility index (Phi) is 5.19. The highest BCUT2D eigenvalue weighted by molar-refractivity contribution is 5.33. The molecule has 1 aromatic heterocycles. The van der Waals surface area contributed by atoms with Crippen molar-refractivity contribution in [3.05, 3.63) is 23.0 Å². The molecule has 1 heterocycles. The lowest BCUT2D eigenvalue weighted by atomic mass is 9.75. The van der Waals surface area contributed by atoms with Crippen LogP contribution in [0, 0.1) is 12.3 Å². The third-order valence-electron chi connectivity index (χ3n) is 5.00. The average Bonchev–Trinajstić information content (AvgIpc) is 2.70. The molecule has 120 valence electrons. The first kappa shape index (κ1) is 16.6. The van der Waals surface area contributed by atoms with Crippen molar-refractivity contribution >= 4 is 0 Å². The van der Waals surface area contributed by atoms with Gasteiger partial charge in [0.25, 0.3) is 0 Å². The number of aliphatic hydroxyl groups is 1. The van der Waals surface area contributed by atoms with E-state index in [-0.39, 0.29) is 11.5 Å². The molecular formula is C19H33NO. The maximum Gasteiger partial charge on any atom is 0.0812 e. The van der Waals surface area contributed by atoms with E-state index in [1.54, 1.807) is 0 Å². The number of hydrogen-bond donors (Lipinski definition) is 1. The highest BCUT2D eigenvalue weighted by Crippen LogP contribution is 2.43. The molecule has 0 amide bonds. The zero-order valence-electron chi connectivity index (χ0n) is 14.6. The number of rotatable bonds is 6. The summed E-state index contributed by atoms with van der Waals surface area (Å²) in [6.07, 6.45) is 8.00. The van der Waals surface area contributed by atoms with Gasteiger partial charge in [0, 0.05) is 23.0 Å². The molecule has 0 fully saturated rings. The lowest BCUT2D eigenvalue weighted by Crippen LogP contribution is -2.28. The van der Waals surface area contributed by atoms with E-state index in [9.17, 15) is 5.11 Å². The topological polar surface area (TPSA) is 25.2 Å². The van der Waals surface area contributed by atoms with Gasteiger partial charge in [0.15, 0.2) is 0 Å². The van der Waals surface area contributed by atoms with Gasteiger partial charge in [0.2, 0.25) is 0 Å². The number of hydrogen-bond acceptors (Lipinski definition) is 1. The Morgan fingerprint density at radius 2 is 2.00 bits per heavy atom. The van der Waals surface area contributed by atoms with Crippen molar-refractivity contribution in [1.82, 2.24) is 4.57 Å². The van der Waals surface area contributed by atoms with Gasteiger partial charge in [-0.05, 0) is 44.1 Å². The summed E-state index contributed by atoms with van der Waals surface area (Å²) in [6.45, 7) is 11.3. The summed E-state index contributed by atoms with van der Waals surface area (Å²) in [6, 6.07) is 2.85. The monoisotopic (exact) mass is 291 g/mol. The van der Waals surface area contributed by atoms with Crippen LogP contribution in [0.25, 0.3) is 0 Å². The molecule has 2 unspecified atom stereocenters. The molecule has 21 heavy (non-hydrogen) atoms. The second-order valence-corrected chi connectivity index (χ2v) is 7.70. The molecule has 2 rings (SSSR count). The van der Waals surface area contributed by atoms with Gasteiger partial charge in [-0.3, -0.25) is 0 Å². The van der Waals surface area contributed by atoms with Gasteiger partial charge in [-0.25, -0.2) is 0 Å². The molecule has 0 spiro atoms. The Hall–Kier alpha value is -0.760. The summed E-state index contributed by atoms with van der Waals surface area (Å²) in [4.78, 5) is 0. The van der Waals surface area contributed by atoms with E-state index in [4.69, 9.17) is 0 Å². The van der Waals surface area contributed by atoms with E-state index in [1.807, 2.05) is 0 Å². The van der Waals surface area contributed by atoms with Crippen LogP contribution in [0.3, 0.4) is 0 Å². The third-order valence-corrected chi connectivity index (χ3v) is 5.00. The molecular weight excluding hydrogens is 258 g/mol. The van der Waals surface area contributed by atoms with Gasteiger partial charge in [-0.15, -0.1) is 0 Å². The highest BCUT2D eigenvalue weighted by atomic mass is 16.3. The molecule has 2 atom stereocenters. The van der Waals surface area contributed by atoms with E-state index in [1.165, 1.54) is 49.1 Å². The zero-order valence-corrected chi connectivity index (χ0v) is 14.6. The van der Waals surface area contributed by atoms with E-state index in [2.05, 4.69) is 45.3 Å². The molecule has 1 N–H and O–H groups in total. The van der Waals surface area contributed by atoms with Gasteiger partial charge >= 0.3 is 0 Å². The summed E-state index contributed by atoms with van der Waals surface area (Å²) < 4.78 is 2.57. The van der Waals surface area contributed by atoms with Crippen LogP contribution in [0.15, 0.2) is 6.07 Å². The minimum Gasteiger partial charge on any atom is -0.388 e. The number of unbranched alkanes of at least 4 members (excludes halogenated alkanes) is 1. The molecule has 0 saturated carbocycles. The lowest BCUT2D eigenvalue weighted by molar-refractivity contribution is 0.0972. The van der Waals surface area contributed by atoms with Gasteiger partial charge in [0.1, 0.15) is 0 Å². The second kappa shape index (κ2) is 6.56. The van der Waals surface area contributed by atoms with E-state index in [0.717, 1.165) is 12.8 Å². The third kappa shape index (κ3) is 3.53. The molecule has 0 aromatic carbocycles. The van der Waals surface area contributed by atoms with E-state index >= 15 is 0 Å². The highest BCUT2D eigenvalue weighted by Gasteiger charge is 2.35. The fourth-order valence-corrected chi connectivity index (χ4v) is 4.05. The Labute approximate surface area is 130 Å². The fourth-order valence-electron chi connectivity index (χ4n) is 4.05. The average molecular weight is 291 g/mol. The van der Waals surface area contributed by atoms with Crippen LogP contribution in [-0.4, -0.2) is 9.67 Å². The van der Waals surface area contributed by atoms with Crippen molar-refractivity contribution in [3.63, 3.8) is 0 Å². The van der Waals surface area contributed by atoms with E-state index < -0.39 is 0 Å². The van der Waals surface area contributed by atoms with Crippen molar-refractivity contribution < 1.29 is 5.11 Å². The van der Waals surface area contributed by atoms with Crippen LogP contribution < -0.4 is 0 Å². The Morgan fingerprint density at radius 3 is 2.62 bits per heavy atom. The second-order valence-electron chi connectivity index (χ2n) is 7.70. The molecule has 2 nitrogen and oxygen atoms in total. The Balaban J connectivity index is 2.39. The predicted octanol–water partition coefficient (Wildman–Crippen LogP) is 5.33. The molecule has 0 bridgehead atoms. The van der Waals surface area contributed by atoms with Crippen LogP contribution in [0.1, 0.15) is 95.3 Å². The molecule has 1 aromatic rings. The largest absolute Gasteiger partial charge is 0.388 e. The number of aryl methyl sites for hydroxylation is 1. The van der Waals surface area contributed by atoms with Crippen LogP contribution in [0.5, 0.6) is 0 Å². The normalized spacial score (nSPS) is 22.1. The number of aromatic nitrogens is 1. The molecule has 0 radical (unpaired) electrons. The predicted molar refractivity (Wildman–Crippen MR) is 89.7 cm³/mol. The maximum atomic E-state index is 10.5. The van der Waals surface area contributed by atoms with Gasteiger partial charge in [-0.1, -0.05) is 47.0 Å². The van der Waals surface area contributed by atoms with Gasteiger partial charge in [-0.2, -0.15) is 0 Å². The van der Waals surface area contributed by atoms with Crippen LogP contribution >= 0.6 is 0 Å². The minimum absolute atomic E-state index is 0.205. The first-order chi connectivity index (χ1) is 9.89. The first-order valence-electron chi connectivity index (χ1n) is 8.78. The molecule has 2 heteroatoms. The smallest absolute Gasteiger partial charge is 0.0812 e. The van der Waals surface area contributed by atoms with Crippen molar-refractivity contribution in [3.8, 4) is 0 Å². The Bertz CT molecular complexity index is 472. The van der Waals surface area contributed by atoms with E-state index in [0.29, 0.717) is 6.04 Å². The number of fused-ring (bicyclic) bond motifs is 1. The quantitative estimate of drug-likeness (QED) is 0.752. The van der Waals surface area contributed by atoms with Gasteiger partial charge < -0.3 is 9.67 Å². The molecule has 0 saturated heterocycles. The lowest BCUT2D eigenvalue weighted by Gasteiger charge is -2.35. The van der Waals surface area contributed by atoms with Crippen molar-refractivity contribution in [1.29, 1.82) is 0 Å². The SMILES string of the molecule is CCCCC(CCC)n1c(C)cc2c1CC(C)(C)CC2O. The van der Waals surface area contributed by atoms with Gasteiger partial charge in [0.05, 0.1) is 6.10 Å². The summed E-state index contributed by atoms with van der Waals surface area (Å²) in [5.41, 5.74) is 4.15. The summed E-state index contributed by atoms with van der Waals surface area (Å²) >= 11 is 0. The first-order valence-corrected chi connectivity index (χ1v) is 8.78. The van der Waals surface area contributed by atoms with Crippen molar-refractivity contribution in [2.45, 2.75) is 91.7 Å². The summed E-state index contributed by atoms with van der Waals surface area (Å²) in [5.74, 6) is 0. The van der Waals surface area contributed by atoms with Crippen LogP contribution in [-0.2, 0) is 6.42 Å².